The van der Waals surface area contributed by atoms with E-state index in [-0.39, 0.29) is 12.5 Å². The van der Waals surface area contributed by atoms with Crippen LogP contribution in [0.2, 0.25) is 0 Å². The fourth-order valence-electron chi connectivity index (χ4n) is 2.20. The Morgan fingerprint density at radius 3 is 2.92 bits per heavy atom. The largest absolute Gasteiger partial charge is 0.463 e. The molecule has 0 radical (unpaired) electrons. The zero-order chi connectivity index (χ0) is 17.3. The monoisotopic (exact) mass is 346 g/mol. The third-order valence-electron chi connectivity index (χ3n) is 3.55. The number of thiazole rings is 1. The average molecular weight is 346 g/mol. The first kappa shape index (κ1) is 16.4. The first-order valence-corrected chi connectivity index (χ1v) is 8.25. The van der Waals surface area contributed by atoms with Crippen molar-refractivity contribution in [1.29, 1.82) is 0 Å². The lowest BCUT2D eigenvalue weighted by Crippen LogP contribution is -2.38. The van der Waals surface area contributed by atoms with E-state index in [9.17, 15) is 9.90 Å². The standard InChI is InChI=1S/C16H18N4O3S/c1-10-4-5-13(23-10)16(2,22)9-17-14(21)12-8-24-15(19-12)11-6-18-20(3)7-11/h4-8,22H,9H2,1-3H3,(H,17,21). The summed E-state index contributed by atoms with van der Waals surface area (Å²) in [5.74, 6) is 0.775. The molecule has 0 aliphatic rings. The van der Waals surface area contributed by atoms with Gasteiger partial charge in [-0.25, -0.2) is 4.98 Å². The maximum atomic E-state index is 12.2. The van der Waals surface area contributed by atoms with Gasteiger partial charge in [-0.15, -0.1) is 11.3 Å². The normalized spacial score (nSPS) is 13.7. The second-order valence-electron chi connectivity index (χ2n) is 5.81. The zero-order valence-corrected chi connectivity index (χ0v) is 14.4. The molecule has 3 rings (SSSR count). The molecule has 2 N–H and O–H groups in total. The first-order chi connectivity index (χ1) is 11.3. The number of aliphatic hydroxyl groups is 1. The third kappa shape index (κ3) is 3.39. The molecule has 0 saturated heterocycles. The molecule has 0 aliphatic heterocycles. The van der Waals surface area contributed by atoms with Gasteiger partial charge in [-0.2, -0.15) is 5.10 Å². The molecule has 0 spiro atoms. The Hall–Kier alpha value is -2.45. The topological polar surface area (TPSA) is 93.2 Å². The van der Waals surface area contributed by atoms with E-state index in [0.717, 1.165) is 10.6 Å². The van der Waals surface area contributed by atoms with Crippen molar-refractivity contribution in [2.45, 2.75) is 19.4 Å². The number of amides is 1. The molecule has 3 heterocycles. The summed E-state index contributed by atoms with van der Waals surface area (Å²) in [5, 5.41) is 19.6. The minimum atomic E-state index is -1.29. The van der Waals surface area contributed by atoms with Crippen LogP contribution in [0.25, 0.3) is 10.6 Å². The number of carbonyl (C=O) groups is 1. The molecule has 3 aromatic rings. The van der Waals surface area contributed by atoms with E-state index in [2.05, 4.69) is 15.4 Å². The van der Waals surface area contributed by atoms with Gasteiger partial charge >= 0.3 is 0 Å². The summed E-state index contributed by atoms with van der Waals surface area (Å²) >= 11 is 1.37. The summed E-state index contributed by atoms with van der Waals surface area (Å²) in [7, 11) is 1.82. The van der Waals surface area contributed by atoms with Crippen molar-refractivity contribution in [3.63, 3.8) is 0 Å². The van der Waals surface area contributed by atoms with Crippen molar-refractivity contribution in [1.82, 2.24) is 20.1 Å². The van der Waals surface area contributed by atoms with Crippen molar-refractivity contribution in [2.24, 2.45) is 7.05 Å². The first-order valence-electron chi connectivity index (χ1n) is 7.37. The molecule has 3 aromatic heterocycles. The highest BCUT2D eigenvalue weighted by Crippen LogP contribution is 2.24. The number of aromatic nitrogens is 3. The number of nitrogens with one attached hydrogen (secondary N) is 1. The molecule has 1 atom stereocenters. The van der Waals surface area contributed by atoms with E-state index < -0.39 is 5.60 Å². The molecule has 0 fully saturated rings. The molecule has 126 valence electrons. The molecule has 0 bridgehead atoms. The van der Waals surface area contributed by atoms with Gasteiger partial charge in [-0.3, -0.25) is 9.48 Å². The smallest absolute Gasteiger partial charge is 0.270 e. The number of nitrogens with zero attached hydrogens (tertiary/aromatic N) is 3. The average Bonchev–Trinajstić information content (AvgIpc) is 3.24. The summed E-state index contributed by atoms with van der Waals surface area (Å²) in [5.41, 5.74) is -0.114. The summed E-state index contributed by atoms with van der Waals surface area (Å²) < 4.78 is 7.11. The van der Waals surface area contributed by atoms with Crippen LogP contribution >= 0.6 is 11.3 Å². The Bertz CT molecular complexity index is 862. The second-order valence-corrected chi connectivity index (χ2v) is 6.67. The zero-order valence-electron chi connectivity index (χ0n) is 13.6. The second kappa shape index (κ2) is 6.21. The maximum absolute atomic E-state index is 12.2. The van der Waals surface area contributed by atoms with Crippen LogP contribution < -0.4 is 5.32 Å². The van der Waals surface area contributed by atoms with Gasteiger partial charge in [-0.1, -0.05) is 0 Å². The summed E-state index contributed by atoms with van der Waals surface area (Å²) in [6, 6.07) is 3.47. The highest BCUT2D eigenvalue weighted by molar-refractivity contribution is 7.13. The van der Waals surface area contributed by atoms with Gasteiger partial charge in [0.2, 0.25) is 0 Å². The van der Waals surface area contributed by atoms with E-state index >= 15 is 0 Å². The molecule has 24 heavy (non-hydrogen) atoms. The molecule has 0 aliphatic carbocycles. The molecule has 1 amide bonds. The van der Waals surface area contributed by atoms with Crippen LogP contribution in [0.15, 0.2) is 34.3 Å². The van der Waals surface area contributed by atoms with Crippen LogP contribution in [-0.4, -0.2) is 32.3 Å². The summed E-state index contributed by atoms with van der Waals surface area (Å²) in [4.78, 5) is 16.6. The quantitative estimate of drug-likeness (QED) is 0.738. The lowest BCUT2D eigenvalue weighted by molar-refractivity contribution is 0.0323. The molecule has 0 aromatic carbocycles. The van der Waals surface area contributed by atoms with Crippen molar-refractivity contribution in [2.75, 3.05) is 6.54 Å². The number of hydrogen-bond donors (Lipinski definition) is 2. The molecular formula is C16H18N4O3S. The highest BCUT2D eigenvalue weighted by Gasteiger charge is 2.28. The van der Waals surface area contributed by atoms with Gasteiger partial charge in [0.1, 0.15) is 27.8 Å². The highest BCUT2D eigenvalue weighted by atomic mass is 32.1. The SMILES string of the molecule is Cc1ccc(C(C)(O)CNC(=O)c2csc(-c3cnn(C)c3)n2)o1. The molecule has 7 nitrogen and oxygen atoms in total. The van der Waals surface area contributed by atoms with Crippen molar-refractivity contribution < 1.29 is 14.3 Å². The van der Waals surface area contributed by atoms with E-state index in [1.807, 2.05) is 13.2 Å². The van der Waals surface area contributed by atoms with Crippen LogP contribution in [0.1, 0.15) is 28.9 Å². The van der Waals surface area contributed by atoms with Crippen LogP contribution in [0.3, 0.4) is 0 Å². The summed E-state index contributed by atoms with van der Waals surface area (Å²) in [6.07, 6.45) is 3.54. The number of rotatable bonds is 5. The van der Waals surface area contributed by atoms with E-state index in [1.54, 1.807) is 42.2 Å². The minimum Gasteiger partial charge on any atom is -0.463 e. The van der Waals surface area contributed by atoms with E-state index in [1.165, 1.54) is 11.3 Å². The Morgan fingerprint density at radius 2 is 2.29 bits per heavy atom. The maximum Gasteiger partial charge on any atom is 0.270 e. The Balaban J connectivity index is 1.66. The van der Waals surface area contributed by atoms with Gasteiger partial charge in [0.25, 0.3) is 5.91 Å². The summed E-state index contributed by atoms with van der Waals surface area (Å²) in [6.45, 7) is 3.42. The van der Waals surface area contributed by atoms with Crippen LogP contribution in [0.5, 0.6) is 0 Å². The van der Waals surface area contributed by atoms with E-state index in [0.29, 0.717) is 17.2 Å². The van der Waals surface area contributed by atoms with E-state index in [4.69, 9.17) is 4.42 Å². The predicted octanol–water partition coefficient (Wildman–Crippen LogP) is 2.08. The van der Waals surface area contributed by atoms with Gasteiger partial charge in [0, 0.05) is 24.2 Å². The Morgan fingerprint density at radius 1 is 1.50 bits per heavy atom. The van der Waals surface area contributed by atoms with Crippen molar-refractivity contribution in [3.8, 4) is 10.6 Å². The number of carbonyl (C=O) groups excluding carboxylic acids is 1. The lowest BCUT2D eigenvalue weighted by atomic mass is 10.0. The third-order valence-corrected chi connectivity index (χ3v) is 4.44. The van der Waals surface area contributed by atoms with Gasteiger partial charge in [0.05, 0.1) is 12.7 Å². The predicted molar refractivity (Wildman–Crippen MR) is 89.7 cm³/mol. The fraction of sp³-hybridized carbons (Fsp3) is 0.312. The van der Waals surface area contributed by atoms with Crippen LogP contribution in [-0.2, 0) is 12.6 Å². The molecule has 8 heteroatoms. The Kier molecular flexibility index (Phi) is 4.25. The number of aryl methyl sites for hydroxylation is 2. The lowest BCUT2D eigenvalue weighted by Gasteiger charge is -2.20. The molecule has 1 unspecified atom stereocenters. The molecule has 0 saturated carbocycles. The number of hydrogen-bond acceptors (Lipinski definition) is 6. The van der Waals surface area contributed by atoms with Crippen molar-refractivity contribution in [3.05, 3.63) is 47.1 Å². The van der Waals surface area contributed by atoms with Gasteiger partial charge in [0.15, 0.2) is 0 Å². The minimum absolute atomic E-state index is 0.0263. The van der Waals surface area contributed by atoms with Gasteiger partial charge < -0.3 is 14.8 Å². The van der Waals surface area contributed by atoms with Crippen LogP contribution in [0, 0.1) is 6.92 Å². The van der Waals surface area contributed by atoms with Gasteiger partial charge in [-0.05, 0) is 26.0 Å². The van der Waals surface area contributed by atoms with Crippen molar-refractivity contribution >= 4 is 17.2 Å². The van der Waals surface area contributed by atoms with Crippen LogP contribution in [0.4, 0.5) is 0 Å². The fourth-order valence-corrected chi connectivity index (χ4v) is 2.97. The Labute approximate surface area is 143 Å². The number of furan rings is 1. The molecular weight excluding hydrogens is 328 g/mol.